The summed E-state index contributed by atoms with van der Waals surface area (Å²) in [6, 6.07) is 5.09. The summed E-state index contributed by atoms with van der Waals surface area (Å²) in [6.45, 7) is 10.1. The maximum absolute atomic E-state index is 13.9. The van der Waals surface area contributed by atoms with Gasteiger partial charge in [0.15, 0.2) is 0 Å². The minimum absolute atomic E-state index is 0.276. The molecule has 2 rings (SSSR count). The van der Waals surface area contributed by atoms with Crippen LogP contribution in [0.4, 0.5) is 15.8 Å². The predicted molar refractivity (Wildman–Crippen MR) is 93.4 cm³/mol. The van der Waals surface area contributed by atoms with Gasteiger partial charge >= 0.3 is 0 Å². The molecule has 1 aromatic heterocycles. The van der Waals surface area contributed by atoms with Crippen molar-refractivity contribution in [2.24, 2.45) is 0 Å². The number of nitrogens with zero attached hydrogens (tertiary/aromatic N) is 1. The molecule has 5 heteroatoms. The normalized spacial score (nSPS) is 10.1. The van der Waals surface area contributed by atoms with Crippen molar-refractivity contribution in [2.75, 3.05) is 18.6 Å². The van der Waals surface area contributed by atoms with Crippen molar-refractivity contribution in [3.63, 3.8) is 0 Å². The standard InChI is InChI=1S/C14H15ClFN2P.C2H6/c1-9-4-5-12(11(16)6-9)18-13-8-17-7-10(15)14(13)19(2)3;1-2/h4-8,18H,1-3H3;1-2H3. The quantitative estimate of drug-likeness (QED) is 0.772. The Bertz CT molecular complexity index is 603. The van der Waals surface area contributed by atoms with E-state index in [0.29, 0.717) is 10.7 Å². The van der Waals surface area contributed by atoms with E-state index in [4.69, 9.17) is 11.6 Å². The molecule has 2 nitrogen and oxygen atoms in total. The fourth-order valence-corrected chi connectivity index (χ4v) is 3.59. The van der Waals surface area contributed by atoms with Crippen LogP contribution in [0.1, 0.15) is 19.4 Å². The Balaban J connectivity index is 0.00000106. The monoisotopic (exact) mass is 326 g/mol. The lowest BCUT2D eigenvalue weighted by Gasteiger charge is -2.16. The Morgan fingerprint density at radius 2 is 1.81 bits per heavy atom. The van der Waals surface area contributed by atoms with Crippen LogP contribution in [0.5, 0.6) is 0 Å². The molecular weight excluding hydrogens is 306 g/mol. The third-order valence-electron chi connectivity index (χ3n) is 2.71. The first-order valence-corrected chi connectivity index (χ1v) is 9.44. The first-order chi connectivity index (χ1) is 9.99. The summed E-state index contributed by atoms with van der Waals surface area (Å²) in [5.74, 6) is -0.276. The third kappa shape index (κ3) is 4.66. The van der Waals surface area contributed by atoms with E-state index in [-0.39, 0.29) is 5.82 Å². The lowest BCUT2D eigenvalue weighted by Crippen LogP contribution is -2.10. The fraction of sp³-hybridized carbons (Fsp3) is 0.312. The van der Waals surface area contributed by atoms with Crippen LogP contribution < -0.4 is 10.6 Å². The van der Waals surface area contributed by atoms with Crippen LogP contribution in [-0.2, 0) is 0 Å². The van der Waals surface area contributed by atoms with Gasteiger partial charge in [-0.2, -0.15) is 0 Å². The molecule has 0 amide bonds. The van der Waals surface area contributed by atoms with E-state index >= 15 is 0 Å². The highest BCUT2D eigenvalue weighted by Gasteiger charge is 2.13. The zero-order chi connectivity index (χ0) is 16.0. The van der Waals surface area contributed by atoms with Crippen LogP contribution in [0, 0.1) is 12.7 Å². The summed E-state index contributed by atoms with van der Waals surface area (Å²) in [6.07, 6.45) is 3.30. The Kier molecular flexibility index (Phi) is 7.07. The molecule has 0 bridgehead atoms. The number of anilines is 2. The summed E-state index contributed by atoms with van der Waals surface area (Å²) < 4.78 is 13.9. The van der Waals surface area contributed by atoms with Crippen LogP contribution in [0.15, 0.2) is 30.6 Å². The topological polar surface area (TPSA) is 24.9 Å². The minimum Gasteiger partial charge on any atom is -0.351 e. The number of halogens is 2. The average Bonchev–Trinajstić information content (AvgIpc) is 2.44. The van der Waals surface area contributed by atoms with Crippen molar-refractivity contribution in [2.45, 2.75) is 20.8 Å². The minimum atomic E-state index is -0.406. The van der Waals surface area contributed by atoms with Crippen LogP contribution in [0.2, 0.25) is 5.02 Å². The van der Waals surface area contributed by atoms with E-state index < -0.39 is 7.92 Å². The largest absolute Gasteiger partial charge is 0.351 e. The number of nitrogens with one attached hydrogen (secondary N) is 1. The molecule has 1 N–H and O–H groups in total. The summed E-state index contributed by atoms with van der Waals surface area (Å²) in [5, 5.41) is 4.71. The SMILES string of the molecule is CC.Cc1ccc(Nc2cncc(Cl)c2P(C)C)c(F)c1. The lowest BCUT2D eigenvalue weighted by molar-refractivity contribution is 0.631. The van der Waals surface area contributed by atoms with E-state index in [1.165, 1.54) is 6.07 Å². The number of benzene rings is 1. The van der Waals surface area contributed by atoms with Crippen LogP contribution in [0.25, 0.3) is 0 Å². The summed E-state index contributed by atoms with van der Waals surface area (Å²) in [4.78, 5) is 4.06. The Morgan fingerprint density at radius 3 is 2.38 bits per heavy atom. The van der Waals surface area contributed by atoms with Gasteiger partial charge in [0, 0.05) is 11.5 Å². The fourth-order valence-electron chi connectivity index (χ4n) is 1.84. The number of aryl methyl sites for hydroxylation is 1. The molecule has 0 unspecified atom stereocenters. The van der Waals surface area contributed by atoms with Crippen molar-refractivity contribution in [1.82, 2.24) is 4.98 Å². The van der Waals surface area contributed by atoms with Crippen molar-refractivity contribution >= 4 is 36.2 Å². The first kappa shape index (κ1) is 17.9. The van der Waals surface area contributed by atoms with Gasteiger partial charge in [0.05, 0.1) is 22.6 Å². The molecule has 1 heterocycles. The molecule has 2 aromatic rings. The maximum Gasteiger partial charge on any atom is 0.146 e. The Labute approximate surface area is 132 Å². The van der Waals surface area contributed by atoms with Gasteiger partial charge in [0.1, 0.15) is 5.82 Å². The molecule has 21 heavy (non-hydrogen) atoms. The van der Waals surface area contributed by atoms with Gasteiger partial charge in [0.2, 0.25) is 0 Å². The second-order valence-corrected chi connectivity index (χ2v) is 7.16. The molecule has 0 atom stereocenters. The summed E-state index contributed by atoms with van der Waals surface area (Å²) >= 11 is 6.18. The van der Waals surface area contributed by atoms with Gasteiger partial charge in [0.25, 0.3) is 0 Å². The highest BCUT2D eigenvalue weighted by molar-refractivity contribution is 7.64. The molecule has 114 valence electrons. The van der Waals surface area contributed by atoms with Crippen LogP contribution in [0.3, 0.4) is 0 Å². The average molecular weight is 327 g/mol. The molecule has 0 saturated carbocycles. The van der Waals surface area contributed by atoms with Crippen molar-refractivity contribution in [3.8, 4) is 0 Å². The van der Waals surface area contributed by atoms with Gasteiger partial charge < -0.3 is 5.32 Å². The highest BCUT2D eigenvalue weighted by Crippen LogP contribution is 2.33. The predicted octanol–water partition coefficient (Wildman–Crippen LogP) is 5.32. The molecule has 0 aliphatic carbocycles. The van der Waals surface area contributed by atoms with Crippen molar-refractivity contribution < 1.29 is 4.39 Å². The molecule has 0 saturated heterocycles. The smallest absolute Gasteiger partial charge is 0.146 e. The second kappa shape index (κ2) is 8.31. The van der Waals surface area contributed by atoms with Gasteiger partial charge in [-0.05, 0) is 37.9 Å². The molecule has 1 aromatic carbocycles. The number of hydrogen-bond acceptors (Lipinski definition) is 2. The molecule has 0 aliphatic heterocycles. The maximum atomic E-state index is 13.9. The molecule has 0 spiro atoms. The molecular formula is C16H21ClFN2P. The van der Waals surface area contributed by atoms with Crippen LogP contribution in [-0.4, -0.2) is 18.3 Å². The van der Waals surface area contributed by atoms with Gasteiger partial charge in [-0.1, -0.05) is 39.4 Å². The Hall–Kier alpha value is -1.18. The van der Waals surface area contributed by atoms with Gasteiger partial charge in [-0.3, -0.25) is 4.98 Å². The van der Waals surface area contributed by atoms with Crippen molar-refractivity contribution in [1.29, 1.82) is 0 Å². The molecule has 0 fully saturated rings. The van der Waals surface area contributed by atoms with E-state index in [2.05, 4.69) is 23.6 Å². The van der Waals surface area contributed by atoms with Gasteiger partial charge in [-0.25, -0.2) is 4.39 Å². The number of hydrogen-bond donors (Lipinski definition) is 1. The molecule has 0 aliphatic rings. The third-order valence-corrected chi connectivity index (χ3v) is 4.51. The Morgan fingerprint density at radius 1 is 1.14 bits per heavy atom. The second-order valence-electron chi connectivity index (χ2n) is 4.52. The first-order valence-electron chi connectivity index (χ1n) is 6.83. The van der Waals surface area contributed by atoms with Gasteiger partial charge in [-0.15, -0.1) is 0 Å². The van der Waals surface area contributed by atoms with E-state index in [1.54, 1.807) is 18.5 Å². The zero-order valence-electron chi connectivity index (χ0n) is 13.0. The lowest BCUT2D eigenvalue weighted by atomic mass is 10.2. The zero-order valence-corrected chi connectivity index (χ0v) is 14.7. The number of aromatic nitrogens is 1. The summed E-state index contributed by atoms with van der Waals surface area (Å²) in [7, 11) is -0.406. The number of rotatable bonds is 3. The van der Waals surface area contributed by atoms with E-state index in [1.807, 2.05) is 26.8 Å². The van der Waals surface area contributed by atoms with E-state index in [9.17, 15) is 4.39 Å². The van der Waals surface area contributed by atoms with E-state index in [0.717, 1.165) is 16.6 Å². The highest BCUT2D eigenvalue weighted by atomic mass is 35.5. The van der Waals surface area contributed by atoms with Crippen molar-refractivity contribution in [3.05, 3.63) is 47.0 Å². The number of pyridine rings is 1. The molecule has 0 radical (unpaired) electrons. The van der Waals surface area contributed by atoms with Crippen LogP contribution >= 0.6 is 19.5 Å². The summed E-state index contributed by atoms with van der Waals surface area (Å²) in [5.41, 5.74) is 2.10.